The molecule has 1 unspecified atom stereocenters. The molecule has 23 heavy (non-hydrogen) atoms. The Labute approximate surface area is 137 Å². The number of fused-ring (bicyclic) bond motifs is 2. The maximum absolute atomic E-state index is 10.4. The lowest BCUT2D eigenvalue weighted by atomic mass is 9.96. The number of nitrogens with zero attached hydrogens (tertiary/aromatic N) is 1. The third kappa shape index (κ3) is 2.87. The highest BCUT2D eigenvalue weighted by molar-refractivity contribution is 5.42. The van der Waals surface area contributed by atoms with Gasteiger partial charge in [-0.2, -0.15) is 0 Å². The smallest absolute Gasteiger partial charge is 0.123 e. The summed E-state index contributed by atoms with van der Waals surface area (Å²) in [6.07, 6.45) is 0.568. The van der Waals surface area contributed by atoms with E-state index in [1.807, 2.05) is 18.2 Å². The molecule has 1 N–H and O–H groups in total. The highest BCUT2D eigenvalue weighted by Crippen LogP contribution is 2.36. The summed E-state index contributed by atoms with van der Waals surface area (Å²) in [4.78, 5) is 2.32. The Kier molecular flexibility index (Phi) is 3.43. The van der Waals surface area contributed by atoms with Crippen molar-refractivity contribution in [3.8, 4) is 5.75 Å². The van der Waals surface area contributed by atoms with Gasteiger partial charge in [0.1, 0.15) is 11.4 Å². The Morgan fingerprint density at radius 3 is 2.87 bits per heavy atom. The minimum atomic E-state index is -0.392. The lowest BCUT2D eigenvalue weighted by Gasteiger charge is -2.32. The van der Waals surface area contributed by atoms with Gasteiger partial charge in [0.25, 0.3) is 0 Å². The molecule has 0 amide bonds. The maximum Gasteiger partial charge on any atom is 0.123 e. The van der Waals surface area contributed by atoms with E-state index in [4.69, 9.17) is 4.74 Å². The van der Waals surface area contributed by atoms with Gasteiger partial charge in [-0.05, 0) is 42.2 Å². The summed E-state index contributed by atoms with van der Waals surface area (Å²) in [6, 6.07) is 14.7. The number of benzene rings is 2. The molecule has 0 aromatic heterocycles. The van der Waals surface area contributed by atoms with Crippen molar-refractivity contribution in [1.29, 1.82) is 0 Å². The predicted octanol–water partition coefficient (Wildman–Crippen LogP) is 3.45. The second-order valence-corrected chi connectivity index (χ2v) is 7.36. The molecule has 120 valence electrons. The summed E-state index contributed by atoms with van der Waals surface area (Å²) < 4.78 is 5.95. The first-order valence-corrected chi connectivity index (χ1v) is 8.29. The van der Waals surface area contributed by atoms with E-state index in [2.05, 4.69) is 43.0 Å². The molecule has 0 fully saturated rings. The predicted molar refractivity (Wildman–Crippen MR) is 90.4 cm³/mol. The highest BCUT2D eigenvalue weighted by atomic mass is 16.5. The molecule has 1 atom stereocenters. The topological polar surface area (TPSA) is 32.7 Å². The van der Waals surface area contributed by atoms with Gasteiger partial charge in [-0.1, -0.05) is 36.4 Å². The van der Waals surface area contributed by atoms with Crippen LogP contribution in [0.2, 0.25) is 0 Å². The average molecular weight is 309 g/mol. The standard InChI is InChI=1S/C20H23NO2/c1-20(2)10-16-9-14(7-8-19(16)23-20)11-21-12-15-5-3-4-6-17(15)18(22)13-21/h3-9,18,22H,10-13H2,1-2H3. The summed E-state index contributed by atoms with van der Waals surface area (Å²) in [5.74, 6) is 1.02. The minimum Gasteiger partial charge on any atom is -0.487 e. The molecule has 0 saturated carbocycles. The van der Waals surface area contributed by atoms with Crippen LogP contribution in [0.1, 0.15) is 42.2 Å². The molecule has 2 aliphatic rings. The van der Waals surface area contributed by atoms with E-state index in [1.54, 1.807) is 0 Å². The normalized spacial score (nSPS) is 22.3. The van der Waals surface area contributed by atoms with Crippen LogP contribution in [0.5, 0.6) is 5.75 Å². The van der Waals surface area contributed by atoms with Crippen LogP contribution in [0.4, 0.5) is 0 Å². The first-order valence-electron chi connectivity index (χ1n) is 8.29. The van der Waals surface area contributed by atoms with Gasteiger partial charge in [0.2, 0.25) is 0 Å². The summed E-state index contributed by atoms with van der Waals surface area (Å²) in [6.45, 7) is 6.71. The molecule has 2 aromatic rings. The molecular formula is C20H23NO2. The first kappa shape index (κ1) is 14.7. The monoisotopic (exact) mass is 309 g/mol. The molecule has 0 radical (unpaired) electrons. The van der Waals surface area contributed by atoms with Crippen molar-refractivity contribution in [2.75, 3.05) is 6.54 Å². The van der Waals surface area contributed by atoms with Crippen LogP contribution in [0.25, 0.3) is 0 Å². The fourth-order valence-electron chi connectivity index (χ4n) is 3.79. The van der Waals surface area contributed by atoms with E-state index < -0.39 is 6.10 Å². The fourth-order valence-corrected chi connectivity index (χ4v) is 3.79. The quantitative estimate of drug-likeness (QED) is 0.922. The van der Waals surface area contributed by atoms with Crippen molar-refractivity contribution in [2.24, 2.45) is 0 Å². The van der Waals surface area contributed by atoms with Crippen LogP contribution in [0.3, 0.4) is 0 Å². The van der Waals surface area contributed by atoms with Crippen LogP contribution < -0.4 is 4.74 Å². The SMILES string of the molecule is CC1(C)Cc2cc(CN3Cc4ccccc4C(O)C3)ccc2O1. The van der Waals surface area contributed by atoms with Gasteiger partial charge < -0.3 is 9.84 Å². The van der Waals surface area contributed by atoms with Crippen molar-refractivity contribution in [3.63, 3.8) is 0 Å². The van der Waals surface area contributed by atoms with Crippen molar-refractivity contribution >= 4 is 0 Å². The van der Waals surface area contributed by atoms with Gasteiger partial charge >= 0.3 is 0 Å². The Balaban J connectivity index is 1.52. The molecule has 4 rings (SSSR count). The van der Waals surface area contributed by atoms with Gasteiger partial charge in [-0.15, -0.1) is 0 Å². The maximum atomic E-state index is 10.4. The summed E-state index contributed by atoms with van der Waals surface area (Å²) in [5.41, 5.74) is 4.80. The third-order valence-electron chi connectivity index (χ3n) is 4.77. The van der Waals surface area contributed by atoms with Crippen molar-refractivity contribution in [2.45, 2.75) is 45.1 Å². The zero-order chi connectivity index (χ0) is 16.0. The number of β-amino-alcohol motifs (C(OH)–C–C–N with tert-alkyl or cyclic N) is 1. The fraction of sp³-hybridized carbons (Fsp3) is 0.400. The Morgan fingerprint density at radius 1 is 1.17 bits per heavy atom. The molecule has 0 bridgehead atoms. The molecule has 2 aromatic carbocycles. The van der Waals surface area contributed by atoms with Crippen LogP contribution in [-0.4, -0.2) is 22.2 Å². The number of hydrogen-bond acceptors (Lipinski definition) is 3. The largest absolute Gasteiger partial charge is 0.487 e. The average Bonchev–Trinajstić information content (AvgIpc) is 2.80. The van der Waals surface area contributed by atoms with E-state index in [9.17, 15) is 5.11 Å². The Hall–Kier alpha value is -1.84. The number of hydrogen-bond donors (Lipinski definition) is 1. The molecule has 3 nitrogen and oxygen atoms in total. The van der Waals surface area contributed by atoms with E-state index in [-0.39, 0.29) is 5.60 Å². The lowest BCUT2D eigenvalue weighted by molar-refractivity contribution is 0.0882. The van der Waals surface area contributed by atoms with Gasteiger partial charge in [-0.25, -0.2) is 0 Å². The Bertz CT molecular complexity index is 738. The van der Waals surface area contributed by atoms with Crippen LogP contribution in [0, 0.1) is 0 Å². The minimum absolute atomic E-state index is 0.0960. The number of aliphatic hydroxyl groups excluding tert-OH is 1. The lowest BCUT2D eigenvalue weighted by Crippen LogP contribution is -2.33. The molecule has 0 spiro atoms. The van der Waals surface area contributed by atoms with E-state index in [0.717, 1.165) is 30.8 Å². The highest BCUT2D eigenvalue weighted by Gasteiger charge is 2.30. The number of ether oxygens (including phenoxy) is 1. The molecular weight excluding hydrogens is 286 g/mol. The van der Waals surface area contributed by atoms with Gasteiger partial charge in [0.05, 0.1) is 6.10 Å². The van der Waals surface area contributed by atoms with Crippen LogP contribution >= 0.6 is 0 Å². The molecule has 2 heterocycles. The Morgan fingerprint density at radius 2 is 2.00 bits per heavy atom. The summed E-state index contributed by atoms with van der Waals surface area (Å²) >= 11 is 0. The second kappa shape index (κ2) is 5.36. The zero-order valence-corrected chi connectivity index (χ0v) is 13.7. The summed E-state index contributed by atoms with van der Waals surface area (Å²) in [7, 11) is 0. The molecule has 0 saturated heterocycles. The first-order chi connectivity index (χ1) is 11.0. The summed E-state index contributed by atoms with van der Waals surface area (Å²) in [5, 5.41) is 10.4. The van der Waals surface area contributed by atoms with Crippen molar-refractivity contribution in [3.05, 3.63) is 64.7 Å². The zero-order valence-electron chi connectivity index (χ0n) is 13.7. The van der Waals surface area contributed by atoms with Crippen molar-refractivity contribution in [1.82, 2.24) is 4.90 Å². The van der Waals surface area contributed by atoms with E-state index in [0.29, 0.717) is 6.54 Å². The molecule has 0 aliphatic carbocycles. The van der Waals surface area contributed by atoms with E-state index >= 15 is 0 Å². The van der Waals surface area contributed by atoms with Crippen molar-refractivity contribution < 1.29 is 9.84 Å². The van der Waals surface area contributed by atoms with Gasteiger partial charge in [0, 0.05) is 26.1 Å². The van der Waals surface area contributed by atoms with E-state index in [1.165, 1.54) is 16.7 Å². The van der Waals surface area contributed by atoms with Crippen LogP contribution in [-0.2, 0) is 19.5 Å². The number of aliphatic hydroxyl groups is 1. The van der Waals surface area contributed by atoms with Gasteiger partial charge in [0.15, 0.2) is 0 Å². The number of rotatable bonds is 2. The molecule has 3 heteroatoms. The second-order valence-electron chi connectivity index (χ2n) is 7.36. The van der Waals surface area contributed by atoms with Gasteiger partial charge in [-0.3, -0.25) is 4.90 Å². The van der Waals surface area contributed by atoms with Crippen LogP contribution in [0.15, 0.2) is 42.5 Å². The molecule has 2 aliphatic heterocycles. The third-order valence-corrected chi connectivity index (χ3v) is 4.77.